The number of aromatic nitrogens is 1. The van der Waals surface area contributed by atoms with Crippen molar-refractivity contribution in [3.8, 4) is 0 Å². The third kappa shape index (κ3) is 4.06. The molecule has 0 radical (unpaired) electrons. The van der Waals surface area contributed by atoms with Crippen molar-refractivity contribution >= 4 is 23.7 Å². The molecular formula is C15H13NO4S. The molecule has 1 N–H and O–H groups in total. The highest BCUT2D eigenvalue weighted by molar-refractivity contribution is 7.98. The lowest BCUT2D eigenvalue weighted by molar-refractivity contribution is 0.0599. The number of hydrogen-bond acceptors (Lipinski definition) is 5. The van der Waals surface area contributed by atoms with Gasteiger partial charge in [0.2, 0.25) is 0 Å². The maximum Gasteiger partial charge on any atom is 0.339 e. The molecule has 21 heavy (non-hydrogen) atoms. The molecule has 1 aromatic carbocycles. The second-order valence-electron chi connectivity index (χ2n) is 4.15. The van der Waals surface area contributed by atoms with Crippen LogP contribution in [0.3, 0.4) is 0 Å². The zero-order chi connectivity index (χ0) is 15.2. The molecule has 0 aliphatic carbocycles. The predicted molar refractivity (Wildman–Crippen MR) is 78.5 cm³/mol. The Morgan fingerprint density at radius 1 is 1.24 bits per heavy atom. The minimum atomic E-state index is -0.946. The Morgan fingerprint density at radius 2 is 2.05 bits per heavy atom. The number of carboxylic acid groups (broad SMARTS) is 1. The zero-order valence-corrected chi connectivity index (χ0v) is 12.1. The van der Waals surface area contributed by atoms with Crippen LogP contribution in [0.4, 0.5) is 0 Å². The molecule has 0 fully saturated rings. The topological polar surface area (TPSA) is 76.5 Å². The Labute approximate surface area is 126 Å². The van der Waals surface area contributed by atoms with E-state index in [9.17, 15) is 9.59 Å². The van der Waals surface area contributed by atoms with Gasteiger partial charge in [0.05, 0.1) is 23.9 Å². The number of carboxylic acids is 1. The third-order valence-corrected chi connectivity index (χ3v) is 3.74. The zero-order valence-electron chi connectivity index (χ0n) is 11.3. The van der Waals surface area contributed by atoms with Gasteiger partial charge >= 0.3 is 11.9 Å². The number of esters is 1. The van der Waals surface area contributed by atoms with Crippen molar-refractivity contribution < 1.29 is 19.4 Å². The van der Waals surface area contributed by atoms with Crippen molar-refractivity contribution in [2.24, 2.45) is 0 Å². The van der Waals surface area contributed by atoms with Gasteiger partial charge in [0.25, 0.3) is 0 Å². The number of thioether (sulfide) groups is 1. The van der Waals surface area contributed by atoms with Gasteiger partial charge in [0, 0.05) is 16.8 Å². The highest BCUT2D eigenvalue weighted by atomic mass is 32.2. The van der Waals surface area contributed by atoms with Crippen molar-refractivity contribution in [1.82, 2.24) is 4.98 Å². The summed E-state index contributed by atoms with van der Waals surface area (Å²) >= 11 is 1.48. The molecule has 5 nitrogen and oxygen atoms in total. The fraction of sp³-hybridized carbons (Fsp3) is 0.133. The summed E-state index contributed by atoms with van der Waals surface area (Å²) in [5.74, 6) is -0.779. The van der Waals surface area contributed by atoms with Gasteiger partial charge in [-0.1, -0.05) is 6.07 Å². The predicted octanol–water partition coefficient (Wildman–Crippen LogP) is 2.86. The Balaban J connectivity index is 2.01. The number of ether oxygens (including phenoxy) is 1. The Morgan fingerprint density at radius 3 is 2.67 bits per heavy atom. The van der Waals surface area contributed by atoms with Crippen LogP contribution in [0, 0.1) is 0 Å². The van der Waals surface area contributed by atoms with E-state index in [1.165, 1.54) is 25.1 Å². The number of nitrogens with zero attached hydrogens (tertiary/aromatic N) is 1. The smallest absolute Gasteiger partial charge is 0.339 e. The van der Waals surface area contributed by atoms with E-state index >= 15 is 0 Å². The van der Waals surface area contributed by atoms with Gasteiger partial charge in [-0.2, -0.15) is 0 Å². The lowest BCUT2D eigenvalue weighted by atomic mass is 10.2. The summed E-state index contributed by atoms with van der Waals surface area (Å²) in [6, 6.07) is 10.1. The molecule has 6 heteroatoms. The van der Waals surface area contributed by atoms with Crippen molar-refractivity contribution in [1.29, 1.82) is 0 Å². The number of carbonyl (C=O) groups is 2. The molecule has 0 atom stereocenters. The van der Waals surface area contributed by atoms with E-state index in [-0.39, 0.29) is 5.56 Å². The summed E-state index contributed by atoms with van der Waals surface area (Å²) in [5.41, 5.74) is 1.46. The van der Waals surface area contributed by atoms with Crippen LogP contribution in [-0.2, 0) is 10.5 Å². The molecule has 0 aliphatic rings. The lowest BCUT2D eigenvalue weighted by Gasteiger charge is -2.04. The first-order valence-electron chi connectivity index (χ1n) is 6.09. The van der Waals surface area contributed by atoms with Crippen LogP contribution >= 0.6 is 11.8 Å². The summed E-state index contributed by atoms with van der Waals surface area (Å²) < 4.78 is 4.60. The average molecular weight is 303 g/mol. The normalized spacial score (nSPS) is 10.1. The molecule has 0 saturated carbocycles. The first-order chi connectivity index (χ1) is 10.1. The second-order valence-corrected chi connectivity index (χ2v) is 5.20. The molecule has 0 aliphatic heterocycles. The molecule has 0 amide bonds. The maximum atomic E-state index is 11.3. The standard InChI is InChI=1S/C15H13NO4S/c1-20-15(19)11-5-6-12(16-8-11)9-21-13-4-2-3-10(7-13)14(17)18/h2-8H,9H2,1H3,(H,17,18). The minimum Gasteiger partial charge on any atom is -0.478 e. The van der Waals surface area contributed by atoms with Gasteiger partial charge in [-0.15, -0.1) is 11.8 Å². The molecule has 0 bridgehead atoms. The lowest BCUT2D eigenvalue weighted by Crippen LogP contribution is -2.02. The first kappa shape index (κ1) is 15.1. The molecule has 0 saturated heterocycles. The van der Waals surface area contributed by atoms with Crippen LogP contribution in [0.15, 0.2) is 47.5 Å². The van der Waals surface area contributed by atoms with Gasteiger partial charge in [0.1, 0.15) is 0 Å². The number of methoxy groups -OCH3 is 1. The number of aromatic carboxylic acids is 1. The van der Waals surface area contributed by atoms with Crippen LogP contribution in [0.1, 0.15) is 26.4 Å². The molecular weight excluding hydrogens is 290 g/mol. The monoisotopic (exact) mass is 303 g/mol. The third-order valence-electron chi connectivity index (χ3n) is 2.71. The van der Waals surface area contributed by atoms with E-state index in [0.29, 0.717) is 11.3 Å². The number of carbonyl (C=O) groups excluding carboxylic acids is 1. The van der Waals surface area contributed by atoms with Gasteiger partial charge in [-0.3, -0.25) is 4.98 Å². The second kappa shape index (κ2) is 6.90. The SMILES string of the molecule is COC(=O)c1ccc(CSc2cccc(C(=O)O)c2)nc1. The van der Waals surface area contributed by atoms with Crippen molar-refractivity contribution in [2.75, 3.05) is 7.11 Å². The van der Waals surface area contributed by atoms with Crippen LogP contribution in [0.25, 0.3) is 0 Å². The largest absolute Gasteiger partial charge is 0.478 e. The van der Waals surface area contributed by atoms with Gasteiger partial charge < -0.3 is 9.84 Å². The van der Waals surface area contributed by atoms with Crippen LogP contribution < -0.4 is 0 Å². The molecule has 0 spiro atoms. The molecule has 0 unspecified atom stereocenters. The van der Waals surface area contributed by atoms with E-state index in [1.54, 1.807) is 30.3 Å². The van der Waals surface area contributed by atoms with Crippen LogP contribution in [0.5, 0.6) is 0 Å². The summed E-state index contributed by atoms with van der Waals surface area (Å²) in [4.78, 5) is 27.2. The van der Waals surface area contributed by atoms with E-state index in [1.807, 2.05) is 6.07 Å². The van der Waals surface area contributed by atoms with Crippen molar-refractivity contribution in [2.45, 2.75) is 10.6 Å². The van der Waals surface area contributed by atoms with E-state index in [4.69, 9.17) is 5.11 Å². The fourth-order valence-corrected chi connectivity index (χ4v) is 2.50. The van der Waals surface area contributed by atoms with Gasteiger partial charge in [-0.25, -0.2) is 9.59 Å². The summed E-state index contributed by atoms with van der Waals surface area (Å²) in [6.07, 6.45) is 1.47. The Kier molecular flexibility index (Phi) is 4.94. The van der Waals surface area contributed by atoms with Gasteiger partial charge in [0.15, 0.2) is 0 Å². The number of pyridine rings is 1. The van der Waals surface area contributed by atoms with E-state index in [0.717, 1.165) is 10.6 Å². The first-order valence-corrected chi connectivity index (χ1v) is 7.08. The number of benzene rings is 1. The van der Waals surface area contributed by atoms with Crippen LogP contribution in [-0.4, -0.2) is 29.1 Å². The average Bonchev–Trinajstić information content (AvgIpc) is 2.53. The highest BCUT2D eigenvalue weighted by Gasteiger charge is 2.07. The van der Waals surface area contributed by atoms with Gasteiger partial charge in [-0.05, 0) is 30.3 Å². The maximum absolute atomic E-state index is 11.3. The molecule has 1 heterocycles. The molecule has 108 valence electrons. The summed E-state index contributed by atoms with van der Waals surface area (Å²) in [5, 5.41) is 8.94. The van der Waals surface area contributed by atoms with Crippen molar-refractivity contribution in [3.05, 3.63) is 59.4 Å². The van der Waals surface area contributed by atoms with Crippen LogP contribution in [0.2, 0.25) is 0 Å². The molecule has 1 aromatic heterocycles. The fourth-order valence-electron chi connectivity index (χ4n) is 1.62. The number of hydrogen-bond donors (Lipinski definition) is 1. The minimum absolute atomic E-state index is 0.258. The molecule has 2 rings (SSSR count). The van der Waals surface area contributed by atoms with Crippen molar-refractivity contribution in [3.63, 3.8) is 0 Å². The Hall–Kier alpha value is -2.34. The Bertz CT molecular complexity index is 655. The highest BCUT2D eigenvalue weighted by Crippen LogP contribution is 2.23. The summed E-state index contributed by atoms with van der Waals surface area (Å²) in [7, 11) is 1.32. The summed E-state index contributed by atoms with van der Waals surface area (Å²) in [6.45, 7) is 0. The molecule has 2 aromatic rings. The van der Waals surface area contributed by atoms with E-state index in [2.05, 4.69) is 9.72 Å². The van der Waals surface area contributed by atoms with E-state index < -0.39 is 11.9 Å². The quantitative estimate of drug-likeness (QED) is 0.676. The number of rotatable bonds is 5.